The number of aliphatic hydroxyl groups is 1. The van der Waals surface area contributed by atoms with Crippen molar-refractivity contribution in [1.29, 1.82) is 0 Å². The van der Waals surface area contributed by atoms with Gasteiger partial charge in [0, 0.05) is 28.9 Å². The van der Waals surface area contributed by atoms with Crippen LogP contribution in [-0.2, 0) is 4.79 Å². The first kappa shape index (κ1) is 29.3. The van der Waals surface area contributed by atoms with Crippen molar-refractivity contribution >= 4 is 34.8 Å². The first-order valence-corrected chi connectivity index (χ1v) is 14.4. The van der Waals surface area contributed by atoms with Gasteiger partial charge in [-0.2, -0.15) is 0 Å². The van der Waals surface area contributed by atoms with Crippen molar-refractivity contribution in [2.75, 3.05) is 11.9 Å². The lowest BCUT2D eigenvalue weighted by molar-refractivity contribution is -0.130. The van der Waals surface area contributed by atoms with Crippen LogP contribution < -0.4 is 16.0 Å². The lowest BCUT2D eigenvalue weighted by atomic mass is 9.90. The highest BCUT2D eigenvalue weighted by Crippen LogP contribution is 2.34. The SMILES string of the molecule is Cc1nc2cccc(-c3cc4c([nH]3)[C@@H](C)NC4=O)c2nc1N[C@H]1CCC[C@@H](NC(=O)[C@@H](CO)N(C(=O)O)C(C)(C)C)C1. The number of nitrogens with one attached hydrogen (secondary N) is 4. The molecule has 2 aliphatic rings. The summed E-state index contributed by atoms with van der Waals surface area (Å²) in [6.45, 7) is 8.30. The Hall–Kier alpha value is -4.19. The highest BCUT2D eigenvalue weighted by atomic mass is 16.4. The number of carboxylic acid groups (broad SMARTS) is 1. The van der Waals surface area contributed by atoms with E-state index in [9.17, 15) is 24.6 Å². The topological polar surface area (TPSA) is 173 Å². The Balaban J connectivity index is 1.34. The number of carbonyl (C=O) groups is 3. The molecule has 42 heavy (non-hydrogen) atoms. The minimum Gasteiger partial charge on any atom is -0.465 e. The third-order valence-corrected chi connectivity index (χ3v) is 8.11. The van der Waals surface area contributed by atoms with Crippen LogP contribution in [0.1, 0.15) is 81.2 Å². The van der Waals surface area contributed by atoms with E-state index in [-0.39, 0.29) is 24.0 Å². The number of aliphatic hydroxyl groups excluding tert-OH is 1. The smallest absolute Gasteiger partial charge is 0.408 e. The number of aryl methyl sites for hydroxylation is 1. The summed E-state index contributed by atoms with van der Waals surface area (Å²) in [6.07, 6.45) is 1.83. The van der Waals surface area contributed by atoms with Crippen LogP contribution >= 0.6 is 0 Å². The predicted molar refractivity (Wildman–Crippen MR) is 158 cm³/mol. The van der Waals surface area contributed by atoms with Crippen LogP contribution in [0.3, 0.4) is 0 Å². The zero-order valence-corrected chi connectivity index (χ0v) is 24.6. The first-order valence-electron chi connectivity index (χ1n) is 14.4. The summed E-state index contributed by atoms with van der Waals surface area (Å²) in [7, 11) is 0. The summed E-state index contributed by atoms with van der Waals surface area (Å²) < 4.78 is 0. The number of aromatic amines is 1. The molecule has 4 atom stereocenters. The largest absolute Gasteiger partial charge is 0.465 e. The number of hydrogen-bond donors (Lipinski definition) is 6. The van der Waals surface area contributed by atoms with Crippen molar-refractivity contribution < 1.29 is 24.6 Å². The van der Waals surface area contributed by atoms with E-state index in [1.807, 2.05) is 38.1 Å². The van der Waals surface area contributed by atoms with Gasteiger partial charge in [-0.05, 0) is 72.4 Å². The van der Waals surface area contributed by atoms with E-state index in [4.69, 9.17) is 9.97 Å². The lowest BCUT2D eigenvalue weighted by Crippen LogP contribution is -2.59. The molecule has 0 saturated heterocycles. The molecule has 2 aromatic heterocycles. The highest BCUT2D eigenvalue weighted by Gasteiger charge is 2.38. The number of hydrogen-bond acceptors (Lipinski definition) is 7. The van der Waals surface area contributed by atoms with E-state index < -0.39 is 30.2 Å². The van der Waals surface area contributed by atoms with Crippen LogP contribution in [0.25, 0.3) is 22.3 Å². The number of benzene rings is 1. The third-order valence-electron chi connectivity index (χ3n) is 8.11. The van der Waals surface area contributed by atoms with Gasteiger partial charge < -0.3 is 31.1 Å². The van der Waals surface area contributed by atoms with Crippen molar-refractivity contribution in [3.8, 4) is 11.3 Å². The molecule has 5 rings (SSSR count). The fourth-order valence-electron chi connectivity index (χ4n) is 6.12. The molecule has 12 heteroatoms. The molecular weight excluding hydrogens is 538 g/mol. The molecule has 3 amide bonds. The Bertz CT molecular complexity index is 1530. The molecule has 0 spiro atoms. The maximum absolute atomic E-state index is 13.1. The van der Waals surface area contributed by atoms with Crippen molar-refractivity contribution in [3.63, 3.8) is 0 Å². The summed E-state index contributed by atoms with van der Waals surface area (Å²) in [4.78, 5) is 51.5. The average Bonchev–Trinajstić information content (AvgIpc) is 3.47. The molecule has 0 bridgehead atoms. The number of carbonyl (C=O) groups excluding carboxylic acids is 2. The quantitative estimate of drug-likeness (QED) is 0.247. The fourth-order valence-corrected chi connectivity index (χ4v) is 6.12. The summed E-state index contributed by atoms with van der Waals surface area (Å²) in [5, 5.41) is 29.0. The Morgan fingerprint density at radius 2 is 1.90 bits per heavy atom. The zero-order chi connectivity index (χ0) is 30.3. The van der Waals surface area contributed by atoms with Crippen LogP contribution in [0, 0.1) is 6.92 Å². The number of para-hydroxylation sites is 1. The highest BCUT2D eigenvalue weighted by molar-refractivity contribution is 6.01. The minimum atomic E-state index is -1.26. The number of amides is 3. The summed E-state index contributed by atoms with van der Waals surface area (Å²) in [5.41, 5.74) is 4.50. The third kappa shape index (κ3) is 5.63. The molecule has 1 aliphatic heterocycles. The second-order valence-electron chi connectivity index (χ2n) is 12.3. The molecular formula is C30H39N7O5. The van der Waals surface area contributed by atoms with Crippen molar-refractivity contribution in [1.82, 2.24) is 30.5 Å². The molecule has 1 fully saturated rings. The van der Waals surface area contributed by atoms with Gasteiger partial charge in [0.1, 0.15) is 17.4 Å². The van der Waals surface area contributed by atoms with Gasteiger partial charge in [-0.25, -0.2) is 14.8 Å². The van der Waals surface area contributed by atoms with E-state index >= 15 is 0 Å². The van der Waals surface area contributed by atoms with E-state index in [1.165, 1.54) is 0 Å². The monoisotopic (exact) mass is 577 g/mol. The summed E-state index contributed by atoms with van der Waals surface area (Å²) in [5.74, 6) is 0.0469. The molecule has 3 aromatic rings. The number of H-pyrrole nitrogens is 1. The predicted octanol–water partition coefficient (Wildman–Crippen LogP) is 3.72. The maximum atomic E-state index is 13.1. The second kappa shape index (κ2) is 11.2. The first-order chi connectivity index (χ1) is 19.9. The average molecular weight is 578 g/mol. The number of anilines is 1. The molecule has 6 N–H and O–H groups in total. The molecule has 1 aliphatic carbocycles. The number of nitrogens with zero attached hydrogens (tertiary/aromatic N) is 3. The van der Waals surface area contributed by atoms with Gasteiger partial charge in [-0.15, -0.1) is 0 Å². The number of fused-ring (bicyclic) bond motifs is 2. The molecule has 3 heterocycles. The molecule has 12 nitrogen and oxygen atoms in total. The van der Waals surface area contributed by atoms with Crippen LogP contribution in [0.2, 0.25) is 0 Å². The van der Waals surface area contributed by atoms with E-state index in [2.05, 4.69) is 20.9 Å². The van der Waals surface area contributed by atoms with Crippen LogP contribution in [0.4, 0.5) is 10.6 Å². The second-order valence-corrected chi connectivity index (χ2v) is 12.3. The van der Waals surface area contributed by atoms with Gasteiger partial charge in [0.25, 0.3) is 5.91 Å². The van der Waals surface area contributed by atoms with Crippen molar-refractivity contribution in [2.45, 2.75) is 90.0 Å². The minimum absolute atomic E-state index is 0.00580. The number of rotatable bonds is 7. The lowest BCUT2D eigenvalue weighted by Gasteiger charge is -2.39. The van der Waals surface area contributed by atoms with Crippen LogP contribution in [0.15, 0.2) is 24.3 Å². The Morgan fingerprint density at radius 3 is 2.57 bits per heavy atom. The number of aromatic nitrogens is 3. The molecule has 0 unspecified atom stereocenters. The van der Waals surface area contributed by atoms with Gasteiger partial charge in [-0.1, -0.05) is 12.1 Å². The Labute approximate surface area is 244 Å². The van der Waals surface area contributed by atoms with Gasteiger partial charge in [0.15, 0.2) is 0 Å². The Morgan fingerprint density at radius 1 is 1.17 bits per heavy atom. The van der Waals surface area contributed by atoms with Gasteiger partial charge in [0.05, 0.1) is 35.1 Å². The zero-order valence-electron chi connectivity index (χ0n) is 24.6. The van der Waals surface area contributed by atoms with Crippen LogP contribution in [-0.4, -0.2) is 78.2 Å². The van der Waals surface area contributed by atoms with E-state index in [1.54, 1.807) is 20.8 Å². The van der Waals surface area contributed by atoms with Crippen LogP contribution in [0.5, 0.6) is 0 Å². The molecule has 0 radical (unpaired) electrons. The van der Waals surface area contributed by atoms with E-state index in [0.717, 1.165) is 52.3 Å². The summed E-state index contributed by atoms with van der Waals surface area (Å²) in [6, 6.07) is 6.18. The van der Waals surface area contributed by atoms with Crippen molar-refractivity contribution in [3.05, 3.63) is 41.2 Å². The standard InChI is InChI=1S/C30H39N7O5/c1-15-24-20(27(39)32-15)13-22(35-24)19-10-7-11-21-25(19)36-26(16(2)31-21)33-17-8-6-9-18(12-17)34-28(40)23(14-38)37(29(41)42)30(3,4)5/h7,10-11,13,15,17-18,23,35,38H,6,8-9,12,14H2,1-5H3,(H,32,39)(H,33,36)(H,34,40)(H,41,42)/t15-,17+,18-,23-/m1/s1. The summed E-state index contributed by atoms with van der Waals surface area (Å²) >= 11 is 0. The van der Waals surface area contributed by atoms with E-state index in [0.29, 0.717) is 23.3 Å². The van der Waals surface area contributed by atoms with Gasteiger partial charge in [-0.3, -0.25) is 14.5 Å². The molecule has 1 aromatic carbocycles. The van der Waals surface area contributed by atoms with Gasteiger partial charge >= 0.3 is 6.09 Å². The maximum Gasteiger partial charge on any atom is 0.408 e. The van der Waals surface area contributed by atoms with Crippen molar-refractivity contribution in [2.24, 2.45) is 0 Å². The fraction of sp³-hybridized carbons (Fsp3) is 0.500. The van der Waals surface area contributed by atoms with Gasteiger partial charge in [0.2, 0.25) is 5.91 Å². The normalized spacial score (nSPS) is 21.0. The Kier molecular flexibility index (Phi) is 7.84. The molecule has 1 saturated carbocycles. The molecule has 224 valence electrons.